The van der Waals surface area contributed by atoms with Gasteiger partial charge in [0.25, 0.3) is 5.69 Å². The zero-order chi connectivity index (χ0) is 13.7. The van der Waals surface area contributed by atoms with Crippen molar-refractivity contribution in [3.63, 3.8) is 0 Å². The molecule has 0 saturated carbocycles. The molecule has 19 heavy (non-hydrogen) atoms. The van der Waals surface area contributed by atoms with Crippen LogP contribution in [0.1, 0.15) is 11.1 Å². The maximum atomic E-state index is 10.5. The lowest BCUT2D eigenvalue weighted by Crippen LogP contribution is -1.86. The molecule has 0 bridgehead atoms. The molecule has 92 valence electrons. The highest BCUT2D eigenvalue weighted by Crippen LogP contribution is 2.17. The molecule has 0 radical (unpaired) electrons. The van der Waals surface area contributed by atoms with Gasteiger partial charge in [0.2, 0.25) is 0 Å². The van der Waals surface area contributed by atoms with Gasteiger partial charge in [-0.25, -0.2) is 0 Å². The van der Waals surface area contributed by atoms with E-state index in [0.717, 1.165) is 11.1 Å². The normalized spacial score (nSPS) is 10.3. The molecular formula is C15H10N2O2. The van der Waals surface area contributed by atoms with Crippen molar-refractivity contribution in [3.8, 4) is 12.3 Å². The number of nitrogens with zero attached hydrogens (tertiary/aromatic N) is 2. The minimum absolute atomic E-state index is 0.0531. The summed E-state index contributed by atoms with van der Waals surface area (Å²) in [5, 5.41) is 10.5. The van der Waals surface area contributed by atoms with E-state index in [4.69, 9.17) is 6.42 Å². The second kappa shape index (κ2) is 5.61. The van der Waals surface area contributed by atoms with E-state index in [1.807, 2.05) is 24.3 Å². The molecule has 0 fully saturated rings. The second-order valence-electron chi connectivity index (χ2n) is 3.80. The first kappa shape index (κ1) is 12.5. The lowest BCUT2D eigenvalue weighted by atomic mass is 10.1. The van der Waals surface area contributed by atoms with Crippen molar-refractivity contribution < 1.29 is 4.92 Å². The fourth-order valence-electron chi connectivity index (χ4n) is 1.47. The molecule has 2 aromatic rings. The molecule has 0 unspecified atom stereocenters. The molecule has 0 aliphatic rings. The highest BCUT2D eigenvalue weighted by atomic mass is 16.6. The van der Waals surface area contributed by atoms with Gasteiger partial charge in [0.1, 0.15) is 0 Å². The first-order valence-electron chi connectivity index (χ1n) is 5.54. The predicted molar refractivity (Wildman–Crippen MR) is 74.7 cm³/mol. The number of nitro groups is 1. The smallest absolute Gasteiger partial charge is 0.258 e. The highest BCUT2D eigenvalue weighted by molar-refractivity contribution is 5.82. The van der Waals surface area contributed by atoms with Gasteiger partial charge in [0.15, 0.2) is 0 Å². The molecule has 4 nitrogen and oxygen atoms in total. The average Bonchev–Trinajstić information content (AvgIpc) is 2.46. The van der Waals surface area contributed by atoms with Gasteiger partial charge in [-0.3, -0.25) is 15.1 Å². The van der Waals surface area contributed by atoms with Gasteiger partial charge in [-0.05, 0) is 29.8 Å². The Morgan fingerprint density at radius 1 is 1.11 bits per heavy atom. The molecular weight excluding hydrogens is 240 g/mol. The Balaban J connectivity index is 2.13. The van der Waals surface area contributed by atoms with Crippen LogP contribution in [-0.4, -0.2) is 11.1 Å². The summed E-state index contributed by atoms with van der Waals surface area (Å²) >= 11 is 0. The Morgan fingerprint density at radius 3 is 2.26 bits per heavy atom. The van der Waals surface area contributed by atoms with E-state index >= 15 is 0 Å². The van der Waals surface area contributed by atoms with Crippen LogP contribution in [0.3, 0.4) is 0 Å². The molecule has 0 aromatic heterocycles. The van der Waals surface area contributed by atoms with E-state index < -0.39 is 4.92 Å². The minimum Gasteiger partial charge on any atom is -0.258 e. The van der Waals surface area contributed by atoms with E-state index in [-0.39, 0.29) is 5.69 Å². The van der Waals surface area contributed by atoms with Gasteiger partial charge in [-0.1, -0.05) is 18.1 Å². The molecule has 0 heterocycles. The number of benzene rings is 2. The third-order valence-electron chi connectivity index (χ3n) is 2.50. The fourth-order valence-corrected chi connectivity index (χ4v) is 1.47. The van der Waals surface area contributed by atoms with Crippen LogP contribution in [0.2, 0.25) is 0 Å². The topological polar surface area (TPSA) is 55.5 Å². The van der Waals surface area contributed by atoms with Gasteiger partial charge in [-0.15, -0.1) is 6.42 Å². The fraction of sp³-hybridized carbons (Fsp3) is 0. The lowest BCUT2D eigenvalue weighted by Gasteiger charge is -1.95. The van der Waals surface area contributed by atoms with Crippen molar-refractivity contribution in [2.75, 3.05) is 0 Å². The van der Waals surface area contributed by atoms with Crippen LogP contribution in [0.4, 0.5) is 11.4 Å². The molecule has 0 saturated heterocycles. The van der Waals surface area contributed by atoms with Crippen molar-refractivity contribution in [2.24, 2.45) is 4.99 Å². The van der Waals surface area contributed by atoms with Crippen molar-refractivity contribution in [2.45, 2.75) is 0 Å². The summed E-state index contributed by atoms with van der Waals surface area (Å²) in [5.74, 6) is 2.54. The number of nitro benzene ring substituents is 1. The molecule has 4 heteroatoms. The van der Waals surface area contributed by atoms with Crippen LogP contribution in [0.15, 0.2) is 53.5 Å². The van der Waals surface area contributed by atoms with Crippen molar-refractivity contribution in [1.29, 1.82) is 0 Å². The van der Waals surface area contributed by atoms with Crippen LogP contribution in [0, 0.1) is 22.5 Å². The molecule has 0 amide bonds. The van der Waals surface area contributed by atoms with Crippen molar-refractivity contribution in [3.05, 3.63) is 69.8 Å². The van der Waals surface area contributed by atoms with E-state index in [1.165, 1.54) is 12.1 Å². The van der Waals surface area contributed by atoms with Gasteiger partial charge >= 0.3 is 0 Å². The Labute approximate surface area is 110 Å². The van der Waals surface area contributed by atoms with Crippen LogP contribution in [-0.2, 0) is 0 Å². The summed E-state index contributed by atoms with van der Waals surface area (Å²) in [6.07, 6.45) is 6.95. The summed E-state index contributed by atoms with van der Waals surface area (Å²) in [6.45, 7) is 0. The first-order valence-corrected chi connectivity index (χ1v) is 5.54. The predicted octanol–water partition coefficient (Wildman–Crippen LogP) is 3.33. The SMILES string of the molecule is C#Cc1ccc(C=Nc2ccc([N+](=O)[O-])cc2)cc1. The zero-order valence-corrected chi connectivity index (χ0v) is 9.98. The summed E-state index contributed by atoms with van der Waals surface area (Å²) in [6, 6.07) is 13.4. The summed E-state index contributed by atoms with van der Waals surface area (Å²) < 4.78 is 0. The number of hydrogen-bond donors (Lipinski definition) is 0. The Hall–Kier alpha value is -2.93. The van der Waals surface area contributed by atoms with Crippen LogP contribution >= 0.6 is 0 Å². The standard InChI is InChI=1S/C15H10N2O2/c1-2-12-3-5-13(6-4-12)11-16-14-7-9-15(10-8-14)17(18)19/h1,3-11H. The molecule has 0 atom stereocenters. The largest absolute Gasteiger partial charge is 0.269 e. The van der Waals surface area contributed by atoms with E-state index in [2.05, 4.69) is 10.9 Å². The van der Waals surface area contributed by atoms with Crippen LogP contribution in [0.5, 0.6) is 0 Å². The van der Waals surface area contributed by atoms with Gasteiger partial charge in [-0.2, -0.15) is 0 Å². The van der Waals surface area contributed by atoms with E-state index in [0.29, 0.717) is 5.69 Å². The number of rotatable bonds is 3. The summed E-state index contributed by atoms with van der Waals surface area (Å²) in [7, 11) is 0. The summed E-state index contributed by atoms with van der Waals surface area (Å²) in [4.78, 5) is 14.3. The van der Waals surface area contributed by atoms with E-state index in [9.17, 15) is 10.1 Å². The van der Waals surface area contributed by atoms with Crippen molar-refractivity contribution in [1.82, 2.24) is 0 Å². The maximum absolute atomic E-state index is 10.5. The van der Waals surface area contributed by atoms with Crippen molar-refractivity contribution >= 4 is 17.6 Å². The Bertz CT molecular complexity index is 650. The van der Waals surface area contributed by atoms with Crippen LogP contribution < -0.4 is 0 Å². The first-order chi connectivity index (χ1) is 9.19. The average molecular weight is 250 g/mol. The quantitative estimate of drug-likeness (QED) is 0.363. The van der Waals surface area contributed by atoms with Gasteiger partial charge < -0.3 is 0 Å². The minimum atomic E-state index is -0.438. The zero-order valence-electron chi connectivity index (χ0n) is 9.98. The third-order valence-corrected chi connectivity index (χ3v) is 2.50. The third kappa shape index (κ3) is 3.27. The van der Waals surface area contributed by atoms with Gasteiger partial charge in [0, 0.05) is 23.9 Å². The lowest BCUT2D eigenvalue weighted by molar-refractivity contribution is -0.384. The molecule has 2 rings (SSSR count). The number of aliphatic imine (C=N–C) groups is 1. The second-order valence-corrected chi connectivity index (χ2v) is 3.80. The molecule has 0 spiro atoms. The number of terminal acetylenes is 1. The molecule has 0 N–H and O–H groups in total. The molecule has 0 aliphatic carbocycles. The molecule has 2 aromatic carbocycles. The number of non-ortho nitro benzene ring substituents is 1. The monoisotopic (exact) mass is 250 g/mol. The molecule has 0 aliphatic heterocycles. The van der Waals surface area contributed by atoms with Gasteiger partial charge in [0.05, 0.1) is 10.6 Å². The van der Waals surface area contributed by atoms with Crippen LogP contribution in [0.25, 0.3) is 0 Å². The van der Waals surface area contributed by atoms with E-state index in [1.54, 1.807) is 18.3 Å². The Kier molecular flexibility index (Phi) is 3.70. The highest BCUT2D eigenvalue weighted by Gasteiger charge is 2.02. The Morgan fingerprint density at radius 2 is 1.74 bits per heavy atom. The maximum Gasteiger partial charge on any atom is 0.269 e. The summed E-state index contributed by atoms with van der Waals surface area (Å²) in [5.41, 5.74) is 2.44. The number of hydrogen-bond acceptors (Lipinski definition) is 3.